The SMILES string of the molecule is CCCCn1nc(C)c(/C=C/C(=O)Nc2nccs2)c1Cl. The quantitative estimate of drug-likeness (QED) is 0.823. The first kappa shape index (κ1) is 15.7. The van der Waals surface area contributed by atoms with E-state index in [2.05, 4.69) is 22.3 Å². The predicted molar refractivity (Wildman–Crippen MR) is 86.7 cm³/mol. The summed E-state index contributed by atoms with van der Waals surface area (Å²) in [6.45, 7) is 4.79. The molecule has 5 nitrogen and oxygen atoms in total. The van der Waals surface area contributed by atoms with Gasteiger partial charge in [0.25, 0.3) is 0 Å². The fourth-order valence-corrected chi connectivity index (χ4v) is 2.66. The lowest BCUT2D eigenvalue weighted by molar-refractivity contribution is -0.111. The molecule has 112 valence electrons. The Bertz CT molecular complexity index is 634. The van der Waals surface area contributed by atoms with Gasteiger partial charge in [-0.25, -0.2) is 4.98 Å². The first-order valence-corrected chi connectivity index (χ1v) is 7.99. The molecule has 2 aromatic rings. The molecule has 0 fully saturated rings. The van der Waals surface area contributed by atoms with Crippen LogP contribution < -0.4 is 5.32 Å². The third-order valence-electron chi connectivity index (χ3n) is 2.90. The third kappa shape index (κ3) is 4.15. The van der Waals surface area contributed by atoms with E-state index in [0.717, 1.165) is 30.6 Å². The van der Waals surface area contributed by atoms with Crippen LogP contribution in [-0.4, -0.2) is 20.7 Å². The summed E-state index contributed by atoms with van der Waals surface area (Å²) in [6.07, 6.45) is 6.88. The van der Waals surface area contributed by atoms with Gasteiger partial charge in [0, 0.05) is 29.8 Å². The maximum absolute atomic E-state index is 11.8. The summed E-state index contributed by atoms with van der Waals surface area (Å²) in [5, 5.41) is 10.0. The van der Waals surface area contributed by atoms with Gasteiger partial charge in [0.2, 0.25) is 5.91 Å². The van der Waals surface area contributed by atoms with Crippen molar-refractivity contribution in [3.63, 3.8) is 0 Å². The normalized spacial score (nSPS) is 11.2. The van der Waals surface area contributed by atoms with Crippen molar-refractivity contribution in [2.75, 3.05) is 5.32 Å². The Hall–Kier alpha value is -1.66. The zero-order valence-electron chi connectivity index (χ0n) is 12.0. The van der Waals surface area contributed by atoms with Gasteiger partial charge in [-0.15, -0.1) is 11.3 Å². The Labute approximate surface area is 132 Å². The average Bonchev–Trinajstić information content (AvgIpc) is 3.04. The second kappa shape index (κ2) is 7.38. The lowest BCUT2D eigenvalue weighted by atomic mass is 10.2. The summed E-state index contributed by atoms with van der Waals surface area (Å²) in [4.78, 5) is 15.8. The summed E-state index contributed by atoms with van der Waals surface area (Å²) < 4.78 is 1.78. The van der Waals surface area contributed by atoms with Crippen LogP contribution in [0.25, 0.3) is 6.08 Å². The topological polar surface area (TPSA) is 59.8 Å². The number of thiazole rings is 1. The molecule has 21 heavy (non-hydrogen) atoms. The Balaban J connectivity index is 2.06. The van der Waals surface area contributed by atoms with Crippen LogP contribution in [0.3, 0.4) is 0 Å². The van der Waals surface area contributed by atoms with Gasteiger partial charge >= 0.3 is 0 Å². The fraction of sp³-hybridized carbons (Fsp3) is 0.357. The summed E-state index contributed by atoms with van der Waals surface area (Å²) in [6, 6.07) is 0. The van der Waals surface area contributed by atoms with E-state index in [0.29, 0.717) is 10.3 Å². The van der Waals surface area contributed by atoms with E-state index in [1.165, 1.54) is 17.4 Å². The number of halogens is 1. The molecule has 0 atom stereocenters. The van der Waals surface area contributed by atoms with E-state index in [-0.39, 0.29) is 5.91 Å². The van der Waals surface area contributed by atoms with Crippen LogP contribution in [0.4, 0.5) is 5.13 Å². The standard InChI is InChI=1S/C14H17ClN4OS/c1-3-4-8-19-13(15)11(10(2)18-19)5-6-12(20)17-14-16-7-9-21-14/h5-7,9H,3-4,8H2,1-2H3,(H,16,17,20)/b6-5+. The van der Waals surface area contributed by atoms with E-state index in [1.54, 1.807) is 22.3 Å². The summed E-state index contributed by atoms with van der Waals surface area (Å²) in [5.74, 6) is -0.235. The number of rotatable bonds is 6. The predicted octanol–water partition coefficient (Wildman–Crippen LogP) is 3.75. The second-order valence-electron chi connectivity index (χ2n) is 4.53. The Morgan fingerprint density at radius 3 is 3.05 bits per heavy atom. The summed E-state index contributed by atoms with van der Waals surface area (Å²) >= 11 is 7.67. The van der Waals surface area contributed by atoms with Crippen molar-refractivity contribution >= 4 is 40.1 Å². The average molecular weight is 325 g/mol. The summed E-state index contributed by atoms with van der Waals surface area (Å²) in [5.41, 5.74) is 1.59. The summed E-state index contributed by atoms with van der Waals surface area (Å²) in [7, 11) is 0. The molecule has 0 aromatic carbocycles. The molecule has 2 rings (SSSR count). The van der Waals surface area contributed by atoms with Crippen LogP contribution in [-0.2, 0) is 11.3 Å². The zero-order chi connectivity index (χ0) is 15.2. The highest BCUT2D eigenvalue weighted by atomic mass is 35.5. The first-order valence-electron chi connectivity index (χ1n) is 6.73. The van der Waals surface area contributed by atoms with Gasteiger partial charge in [0.15, 0.2) is 5.13 Å². The monoisotopic (exact) mass is 324 g/mol. The molecule has 0 unspecified atom stereocenters. The van der Waals surface area contributed by atoms with E-state index in [1.807, 2.05) is 6.92 Å². The lowest BCUT2D eigenvalue weighted by Gasteiger charge is -2.00. The first-order chi connectivity index (χ1) is 10.1. The largest absolute Gasteiger partial charge is 0.298 e. The molecule has 2 heterocycles. The minimum absolute atomic E-state index is 0.235. The van der Waals surface area contributed by atoms with E-state index in [9.17, 15) is 4.79 Å². The molecule has 0 aliphatic rings. The van der Waals surface area contributed by atoms with Crippen molar-refractivity contribution in [3.8, 4) is 0 Å². The van der Waals surface area contributed by atoms with Gasteiger partial charge in [-0.2, -0.15) is 5.10 Å². The molecule has 0 saturated carbocycles. The molecule has 0 radical (unpaired) electrons. The lowest BCUT2D eigenvalue weighted by Crippen LogP contribution is -2.07. The number of aromatic nitrogens is 3. The number of unbranched alkanes of at least 4 members (excludes halogenated alkanes) is 1. The van der Waals surface area contributed by atoms with Crippen LogP contribution >= 0.6 is 22.9 Å². The number of carbonyl (C=O) groups excluding carboxylic acids is 1. The van der Waals surface area contributed by atoms with Gasteiger partial charge in [0.05, 0.1) is 5.69 Å². The number of aryl methyl sites for hydroxylation is 2. The maximum Gasteiger partial charge on any atom is 0.250 e. The minimum atomic E-state index is -0.235. The Morgan fingerprint density at radius 1 is 1.57 bits per heavy atom. The van der Waals surface area contributed by atoms with Crippen molar-refractivity contribution in [2.45, 2.75) is 33.2 Å². The smallest absolute Gasteiger partial charge is 0.250 e. The number of carbonyl (C=O) groups is 1. The number of amides is 1. The number of hydrogen-bond donors (Lipinski definition) is 1. The Kier molecular flexibility index (Phi) is 5.52. The van der Waals surface area contributed by atoms with Crippen molar-refractivity contribution in [1.29, 1.82) is 0 Å². The molecule has 1 amide bonds. The van der Waals surface area contributed by atoms with Crippen molar-refractivity contribution in [2.24, 2.45) is 0 Å². The number of nitrogens with one attached hydrogen (secondary N) is 1. The maximum atomic E-state index is 11.8. The fourth-order valence-electron chi connectivity index (χ4n) is 1.80. The molecule has 0 aliphatic carbocycles. The number of anilines is 1. The van der Waals surface area contributed by atoms with E-state index >= 15 is 0 Å². The molecule has 0 saturated heterocycles. The van der Waals surface area contributed by atoms with Crippen LogP contribution in [0.5, 0.6) is 0 Å². The zero-order valence-corrected chi connectivity index (χ0v) is 13.5. The number of nitrogens with zero attached hydrogens (tertiary/aromatic N) is 3. The highest BCUT2D eigenvalue weighted by Crippen LogP contribution is 2.22. The molecule has 2 aromatic heterocycles. The second-order valence-corrected chi connectivity index (χ2v) is 5.78. The molecule has 7 heteroatoms. The highest BCUT2D eigenvalue weighted by molar-refractivity contribution is 7.13. The third-order valence-corrected chi connectivity index (χ3v) is 3.98. The Morgan fingerprint density at radius 2 is 2.38 bits per heavy atom. The van der Waals surface area contributed by atoms with Crippen LogP contribution in [0.1, 0.15) is 31.0 Å². The van der Waals surface area contributed by atoms with Crippen LogP contribution in [0, 0.1) is 6.92 Å². The molecule has 0 bridgehead atoms. The molecule has 0 spiro atoms. The van der Waals surface area contributed by atoms with Crippen molar-refractivity contribution in [3.05, 3.63) is 34.1 Å². The van der Waals surface area contributed by atoms with Crippen molar-refractivity contribution in [1.82, 2.24) is 14.8 Å². The van der Waals surface area contributed by atoms with Gasteiger partial charge in [-0.05, 0) is 19.4 Å². The highest BCUT2D eigenvalue weighted by Gasteiger charge is 2.11. The van der Waals surface area contributed by atoms with Gasteiger partial charge in [-0.1, -0.05) is 24.9 Å². The van der Waals surface area contributed by atoms with Gasteiger partial charge in [0.1, 0.15) is 5.15 Å². The van der Waals surface area contributed by atoms with Gasteiger partial charge < -0.3 is 0 Å². The van der Waals surface area contributed by atoms with Gasteiger partial charge in [-0.3, -0.25) is 14.8 Å². The number of hydrogen-bond acceptors (Lipinski definition) is 4. The molecular formula is C14H17ClN4OS. The van der Waals surface area contributed by atoms with E-state index in [4.69, 9.17) is 11.6 Å². The van der Waals surface area contributed by atoms with Crippen LogP contribution in [0.2, 0.25) is 5.15 Å². The van der Waals surface area contributed by atoms with Crippen LogP contribution in [0.15, 0.2) is 17.7 Å². The molecule has 0 aliphatic heterocycles. The van der Waals surface area contributed by atoms with E-state index < -0.39 is 0 Å². The molecule has 1 N–H and O–H groups in total. The minimum Gasteiger partial charge on any atom is -0.298 e. The van der Waals surface area contributed by atoms with Crippen molar-refractivity contribution < 1.29 is 4.79 Å². The molecular weight excluding hydrogens is 308 g/mol.